The van der Waals surface area contributed by atoms with Crippen LogP contribution in [0.4, 0.5) is 0 Å². The van der Waals surface area contributed by atoms with E-state index in [1.807, 2.05) is 30.3 Å². The zero-order valence-electron chi connectivity index (χ0n) is 16.1. The van der Waals surface area contributed by atoms with Gasteiger partial charge in [-0.2, -0.15) is 0 Å². The molecule has 2 aromatic heterocycles. The number of benzene rings is 1. The number of thiophene rings is 1. The van der Waals surface area contributed by atoms with Crippen LogP contribution in [0.3, 0.4) is 0 Å². The van der Waals surface area contributed by atoms with Crippen LogP contribution < -0.4 is 11.2 Å². The van der Waals surface area contributed by atoms with Gasteiger partial charge in [0.05, 0.1) is 25.6 Å². The number of methoxy groups -OCH3 is 2. The van der Waals surface area contributed by atoms with Gasteiger partial charge in [-0.05, 0) is 24.5 Å². The minimum Gasteiger partial charge on any atom is -0.465 e. The number of carbonyl (C=O) groups is 1. The fourth-order valence-electron chi connectivity index (χ4n) is 3.14. The van der Waals surface area contributed by atoms with Crippen molar-refractivity contribution >= 4 is 27.5 Å². The van der Waals surface area contributed by atoms with E-state index in [4.69, 9.17) is 9.47 Å². The first-order valence-electron chi connectivity index (χ1n) is 8.87. The van der Waals surface area contributed by atoms with Crippen molar-refractivity contribution in [3.63, 3.8) is 0 Å². The van der Waals surface area contributed by atoms with Crippen molar-refractivity contribution < 1.29 is 14.3 Å². The third kappa shape index (κ3) is 3.65. The molecule has 0 atom stereocenters. The lowest BCUT2D eigenvalue weighted by atomic mass is 10.1. The van der Waals surface area contributed by atoms with Crippen molar-refractivity contribution in [2.45, 2.75) is 26.4 Å². The third-order valence-electron chi connectivity index (χ3n) is 4.65. The summed E-state index contributed by atoms with van der Waals surface area (Å²) in [6.45, 7) is 2.57. The standard InChI is InChI=1S/C20H22N2O5S/c1-13-15-17(23)21(10-9-14-7-5-4-6-8-14)20(25)22(11-12-26-2)18(15)28-16(13)19(24)27-3/h4-8H,9-12H2,1-3H3. The van der Waals surface area contributed by atoms with Crippen molar-refractivity contribution in [1.82, 2.24) is 9.13 Å². The number of nitrogens with zero attached hydrogens (tertiary/aromatic N) is 2. The first kappa shape index (κ1) is 20.0. The van der Waals surface area contributed by atoms with Crippen LogP contribution in [0.1, 0.15) is 20.8 Å². The summed E-state index contributed by atoms with van der Waals surface area (Å²) in [6, 6.07) is 9.67. The van der Waals surface area contributed by atoms with Crippen LogP contribution in [-0.2, 0) is 29.0 Å². The van der Waals surface area contributed by atoms with Crippen molar-refractivity contribution in [2.75, 3.05) is 20.8 Å². The maximum Gasteiger partial charge on any atom is 0.348 e. The number of aromatic nitrogens is 2. The highest BCUT2D eigenvalue weighted by molar-refractivity contribution is 7.20. The molecule has 0 amide bonds. The largest absolute Gasteiger partial charge is 0.465 e. The molecule has 3 rings (SSSR count). The molecule has 0 bridgehead atoms. The smallest absolute Gasteiger partial charge is 0.348 e. The van der Waals surface area contributed by atoms with E-state index in [2.05, 4.69) is 0 Å². The Morgan fingerprint density at radius 1 is 1.07 bits per heavy atom. The lowest BCUT2D eigenvalue weighted by Gasteiger charge is -2.12. The van der Waals surface area contributed by atoms with Crippen LogP contribution in [0.5, 0.6) is 0 Å². The fourth-order valence-corrected chi connectivity index (χ4v) is 4.38. The van der Waals surface area contributed by atoms with Crippen LogP contribution in [0.2, 0.25) is 0 Å². The van der Waals surface area contributed by atoms with E-state index in [1.54, 1.807) is 14.0 Å². The van der Waals surface area contributed by atoms with Gasteiger partial charge < -0.3 is 9.47 Å². The molecular weight excluding hydrogens is 380 g/mol. The molecule has 3 aromatic rings. The predicted octanol–water partition coefficient (Wildman–Crippen LogP) is 2.21. The predicted molar refractivity (Wildman–Crippen MR) is 108 cm³/mol. The molecule has 0 aliphatic carbocycles. The van der Waals surface area contributed by atoms with Gasteiger partial charge in [-0.15, -0.1) is 11.3 Å². The van der Waals surface area contributed by atoms with Crippen molar-refractivity contribution in [3.8, 4) is 0 Å². The fraction of sp³-hybridized carbons (Fsp3) is 0.350. The zero-order chi connectivity index (χ0) is 20.3. The highest BCUT2D eigenvalue weighted by Crippen LogP contribution is 2.28. The summed E-state index contributed by atoms with van der Waals surface area (Å²) < 4.78 is 12.7. The van der Waals surface area contributed by atoms with E-state index < -0.39 is 11.7 Å². The number of hydrogen-bond acceptors (Lipinski definition) is 6. The van der Waals surface area contributed by atoms with Gasteiger partial charge in [-0.1, -0.05) is 30.3 Å². The Morgan fingerprint density at radius 2 is 1.79 bits per heavy atom. The monoisotopic (exact) mass is 402 g/mol. The molecule has 0 N–H and O–H groups in total. The minimum absolute atomic E-state index is 0.257. The molecule has 0 saturated carbocycles. The summed E-state index contributed by atoms with van der Waals surface area (Å²) in [6.07, 6.45) is 0.554. The molecule has 2 heterocycles. The Balaban J connectivity index is 2.18. The zero-order valence-corrected chi connectivity index (χ0v) is 16.9. The SMILES string of the molecule is COCCn1c(=O)n(CCc2ccccc2)c(=O)c2c(C)c(C(=O)OC)sc21. The Morgan fingerprint density at radius 3 is 2.43 bits per heavy atom. The Kier molecular flexibility index (Phi) is 6.11. The van der Waals surface area contributed by atoms with Gasteiger partial charge >= 0.3 is 11.7 Å². The molecule has 148 valence electrons. The van der Waals surface area contributed by atoms with E-state index in [1.165, 1.54) is 16.2 Å². The Bertz CT molecular complexity index is 1110. The number of carbonyl (C=O) groups excluding carboxylic acids is 1. The van der Waals surface area contributed by atoms with Crippen molar-refractivity contribution in [2.24, 2.45) is 0 Å². The molecule has 0 saturated heterocycles. The first-order chi connectivity index (χ1) is 13.5. The van der Waals surface area contributed by atoms with Gasteiger partial charge in [0.25, 0.3) is 5.56 Å². The molecule has 28 heavy (non-hydrogen) atoms. The molecular formula is C20H22N2O5S. The molecule has 7 nitrogen and oxygen atoms in total. The second-order valence-corrected chi connectivity index (χ2v) is 7.35. The number of fused-ring (bicyclic) bond motifs is 1. The van der Waals surface area contributed by atoms with Crippen LogP contribution in [-0.4, -0.2) is 35.9 Å². The van der Waals surface area contributed by atoms with Gasteiger partial charge in [0.15, 0.2) is 0 Å². The molecule has 0 spiro atoms. The summed E-state index contributed by atoms with van der Waals surface area (Å²) >= 11 is 1.10. The number of aryl methyl sites for hydroxylation is 2. The van der Waals surface area contributed by atoms with Gasteiger partial charge in [-0.25, -0.2) is 9.59 Å². The number of esters is 1. The number of rotatable bonds is 7. The minimum atomic E-state index is -0.514. The van der Waals surface area contributed by atoms with Crippen LogP contribution in [0.25, 0.3) is 10.2 Å². The highest BCUT2D eigenvalue weighted by Gasteiger charge is 2.23. The van der Waals surface area contributed by atoms with E-state index >= 15 is 0 Å². The third-order valence-corrected chi connectivity index (χ3v) is 5.95. The normalized spacial score (nSPS) is 11.1. The molecule has 0 fully saturated rings. The quantitative estimate of drug-likeness (QED) is 0.566. The molecule has 8 heteroatoms. The molecule has 0 aliphatic rings. The van der Waals surface area contributed by atoms with E-state index in [0.717, 1.165) is 16.9 Å². The molecule has 0 unspecified atom stereocenters. The van der Waals surface area contributed by atoms with Gasteiger partial charge in [0, 0.05) is 13.7 Å². The lowest BCUT2D eigenvalue weighted by molar-refractivity contribution is 0.0605. The molecule has 1 aromatic carbocycles. The Labute approximate surface area is 165 Å². The first-order valence-corrected chi connectivity index (χ1v) is 9.69. The highest BCUT2D eigenvalue weighted by atomic mass is 32.1. The van der Waals surface area contributed by atoms with Crippen molar-refractivity contribution in [3.05, 3.63) is 67.2 Å². The number of ether oxygens (including phenoxy) is 2. The summed E-state index contributed by atoms with van der Waals surface area (Å²) in [7, 11) is 2.84. The summed E-state index contributed by atoms with van der Waals surface area (Å²) in [4.78, 5) is 39.1. The van der Waals surface area contributed by atoms with Gasteiger partial charge in [-0.3, -0.25) is 13.9 Å². The summed E-state index contributed by atoms with van der Waals surface area (Å²) in [5, 5.41) is 0.383. The summed E-state index contributed by atoms with van der Waals surface area (Å²) in [5.41, 5.74) is 0.794. The molecule has 0 aliphatic heterocycles. The number of hydrogen-bond donors (Lipinski definition) is 0. The average molecular weight is 402 g/mol. The van der Waals surface area contributed by atoms with Crippen molar-refractivity contribution in [1.29, 1.82) is 0 Å². The Hall–Kier alpha value is -2.71. The van der Waals surface area contributed by atoms with E-state index in [9.17, 15) is 14.4 Å². The van der Waals surface area contributed by atoms with Crippen LogP contribution in [0.15, 0.2) is 39.9 Å². The van der Waals surface area contributed by atoms with Gasteiger partial charge in [0.2, 0.25) is 0 Å². The van der Waals surface area contributed by atoms with E-state index in [0.29, 0.717) is 33.7 Å². The van der Waals surface area contributed by atoms with Crippen LogP contribution in [0, 0.1) is 6.92 Å². The second kappa shape index (κ2) is 8.53. The maximum absolute atomic E-state index is 13.1. The molecule has 0 radical (unpaired) electrons. The lowest BCUT2D eigenvalue weighted by Crippen LogP contribution is -2.40. The maximum atomic E-state index is 13.1. The van der Waals surface area contributed by atoms with Crippen LogP contribution >= 0.6 is 11.3 Å². The van der Waals surface area contributed by atoms with E-state index in [-0.39, 0.29) is 18.6 Å². The van der Waals surface area contributed by atoms with Gasteiger partial charge in [0.1, 0.15) is 9.71 Å². The topological polar surface area (TPSA) is 79.5 Å². The average Bonchev–Trinajstić information content (AvgIpc) is 3.05. The second-order valence-electron chi connectivity index (χ2n) is 6.35. The summed E-state index contributed by atoms with van der Waals surface area (Å²) in [5.74, 6) is -0.514.